The van der Waals surface area contributed by atoms with Crippen LogP contribution in [0.2, 0.25) is 0 Å². The first-order valence-electron chi connectivity index (χ1n) is 9.64. The van der Waals surface area contributed by atoms with Gasteiger partial charge in [-0.1, -0.05) is 0 Å². The molecule has 3 rings (SSSR count). The molecule has 2 aromatic rings. The highest BCUT2D eigenvalue weighted by Gasteiger charge is 2.21. The molecule has 2 aromatic heterocycles. The minimum atomic E-state index is 0.284. The van der Waals surface area contributed by atoms with Gasteiger partial charge in [0.2, 0.25) is 0 Å². The van der Waals surface area contributed by atoms with Crippen molar-refractivity contribution in [1.82, 2.24) is 15.3 Å². The molecule has 0 radical (unpaired) electrons. The Bertz CT molecular complexity index is 769. The Morgan fingerprint density at radius 3 is 2.58 bits per heavy atom. The van der Waals surface area contributed by atoms with E-state index in [0.717, 1.165) is 49.4 Å². The Labute approximate surface area is 156 Å². The number of piperidine rings is 1. The first-order chi connectivity index (χ1) is 12.5. The van der Waals surface area contributed by atoms with E-state index in [9.17, 15) is 0 Å². The number of hydrogen-bond acceptors (Lipinski definition) is 4. The fraction of sp³-hybridized carbons (Fsp3) is 0.524. The standard InChI is InChI=1S/C21H31N5/c1-13(2)24-21-18(12-22)17(10-19-14(3)9-15(4)25-19)11-20(26-21)16-5-7-23-8-6-16/h9,11-13,16,22-23,25H,5-8,10H2,1-4H3,(H,24,26). The van der Waals surface area contributed by atoms with E-state index in [4.69, 9.17) is 10.4 Å². The quantitative estimate of drug-likeness (QED) is 0.595. The number of H-pyrrole nitrogens is 1. The summed E-state index contributed by atoms with van der Waals surface area (Å²) in [5, 5.41) is 14.9. The zero-order valence-electron chi connectivity index (χ0n) is 16.4. The van der Waals surface area contributed by atoms with Crippen LogP contribution in [0.1, 0.15) is 66.4 Å². The molecule has 1 aliphatic heterocycles. The van der Waals surface area contributed by atoms with Crippen molar-refractivity contribution in [3.05, 3.63) is 45.9 Å². The number of pyridine rings is 1. The maximum atomic E-state index is 7.98. The highest BCUT2D eigenvalue weighted by Crippen LogP contribution is 2.29. The lowest BCUT2D eigenvalue weighted by Crippen LogP contribution is -2.27. The molecule has 3 heterocycles. The lowest BCUT2D eigenvalue weighted by atomic mass is 9.91. The van der Waals surface area contributed by atoms with Gasteiger partial charge in [-0.3, -0.25) is 0 Å². The average molecular weight is 354 g/mol. The molecule has 0 atom stereocenters. The smallest absolute Gasteiger partial charge is 0.135 e. The lowest BCUT2D eigenvalue weighted by Gasteiger charge is -2.25. The molecule has 5 heteroatoms. The summed E-state index contributed by atoms with van der Waals surface area (Å²) in [6.07, 6.45) is 4.50. The third kappa shape index (κ3) is 4.15. The topological polar surface area (TPSA) is 76.6 Å². The Balaban J connectivity index is 2.03. The molecule has 4 N–H and O–H groups in total. The number of nitrogens with one attached hydrogen (secondary N) is 4. The van der Waals surface area contributed by atoms with Gasteiger partial charge in [0.05, 0.1) is 0 Å². The summed E-state index contributed by atoms with van der Waals surface area (Å²) in [6, 6.07) is 4.70. The summed E-state index contributed by atoms with van der Waals surface area (Å²) in [5.74, 6) is 1.34. The summed E-state index contributed by atoms with van der Waals surface area (Å²) in [7, 11) is 0. The molecule has 0 aliphatic carbocycles. The van der Waals surface area contributed by atoms with Gasteiger partial charge in [0.1, 0.15) is 5.82 Å². The van der Waals surface area contributed by atoms with Crippen LogP contribution in [0, 0.1) is 19.3 Å². The Hall–Kier alpha value is -2.14. The largest absolute Gasteiger partial charge is 0.367 e. The van der Waals surface area contributed by atoms with Crippen LogP contribution in [0.3, 0.4) is 0 Å². The van der Waals surface area contributed by atoms with E-state index < -0.39 is 0 Å². The highest BCUT2D eigenvalue weighted by atomic mass is 15.0. The lowest BCUT2D eigenvalue weighted by molar-refractivity contribution is 0.453. The van der Waals surface area contributed by atoms with Crippen LogP contribution in [0.15, 0.2) is 12.1 Å². The van der Waals surface area contributed by atoms with E-state index in [1.54, 1.807) is 0 Å². The second-order valence-electron chi connectivity index (χ2n) is 7.73. The molecule has 0 bridgehead atoms. The van der Waals surface area contributed by atoms with Gasteiger partial charge in [0, 0.05) is 47.2 Å². The molecule has 0 aromatic carbocycles. The van der Waals surface area contributed by atoms with Crippen molar-refractivity contribution in [2.75, 3.05) is 18.4 Å². The zero-order chi connectivity index (χ0) is 18.7. The molecule has 0 spiro atoms. The fourth-order valence-electron chi connectivity index (χ4n) is 3.81. The number of aromatic amines is 1. The van der Waals surface area contributed by atoms with Crippen molar-refractivity contribution in [1.29, 1.82) is 5.41 Å². The molecule has 1 fully saturated rings. The first kappa shape index (κ1) is 18.6. The third-order valence-electron chi connectivity index (χ3n) is 5.12. The molecule has 1 saturated heterocycles. The number of hydrogen-bond donors (Lipinski definition) is 4. The average Bonchev–Trinajstić information content (AvgIpc) is 2.92. The predicted molar refractivity (Wildman–Crippen MR) is 109 cm³/mol. The van der Waals surface area contributed by atoms with E-state index in [-0.39, 0.29) is 6.04 Å². The van der Waals surface area contributed by atoms with Crippen LogP contribution in [-0.2, 0) is 6.42 Å². The molecular formula is C21H31N5. The molecule has 5 nitrogen and oxygen atoms in total. The van der Waals surface area contributed by atoms with Gasteiger partial charge in [-0.05, 0) is 76.9 Å². The number of aromatic nitrogens is 2. The Morgan fingerprint density at radius 2 is 2.00 bits per heavy atom. The van der Waals surface area contributed by atoms with Crippen molar-refractivity contribution in [2.24, 2.45) is 0 Å². The van der Waals surface area contributed by atoms with Crippen molar-refractivity contribution in [2.45, 2.75) is 58.9 Å². The summed E-state index contributed by atoms with van der Waals surface area (Å²) < 4.78 is 0. The highest BCUT2D eigenvalue weighted by molar-refractivity contribution is 5.86. The van der Waals surface area contributed by atoms with Gasteiger partial charge in [-0.25, -0.2) is 4.98 Å². The molecule has 0 amide bonds. The predicted octanol–water partition coefficient (Wildman–Crippen LogP) is 3.90. The minimum Gasteiger partial charge on any atom is -0.367 e. The molecule has 0 unspecified atom stereocenters. The van der Waals surface area contributed by atoms with Crippen molar-refractivity contribution >= 4 is 12.0 Å². The number of anilines is 1. The number of aryl methyl sites for hydroxylation is 2. The monoisotopic (exact) mass is 353 g/mol. The summed E-state index contributed by atoms with van der Waals surface area (Å²) in [6.45, 7) is 10.6. The summed E-state index contributed by atoms with van der Waals surface area (Å²) in [5.41, 5.74) is 6.93. The Morgan fingerprint density at radius 1 is 1.27 bits per heavy atom. The summed E-state index contributed by atoms with van der Waals surface area (Å²) >= 11 is 0. The van der Waals surface area contributed by atoms with Gasteiger partial charge in [0.25, 0.3) is 0 Å². The van der Waals surface area contributed by atoms with Crippen LogP contribution >= 0.6 is 0 Å². The summed E-state index contributed by atoms with van der Waals surface area (Å²) in [4.78, 5) is 8.41. The van der Waals surface area contributed by atoms with Crippen molar-refractivity contribution in [3.8, 4) is 0 Å². The van der Waals surface area contributed by atoms with Crippen LogP contribution in [0.5, 0.6) is 0 Å². The number of nitrogens with zero attached hydrogens (tertiary/aromatic N) is 1. The second-order valence-corrected chi connectivity index (χ2v) is 7.73. The van der Waals surface area contributed by atoms with Crippen LogP contribution in [-0.4, -0.2) is 35.3 Å². The van der Waals surface area contributed by atoms with Crippen molar-refractivity contribution < 1.29 is 0 Å². The minimum absolute atomic E-state index is 0.284. The van der Waals surface area contributed by atoms with E-state index in [1.165, 1.54) is 28.7 Å². The normalized spacial score (nSPS) is 15.4. The zero-order valence-corrected chi connectivity index (χ0v) is 16.4. The van der Waals surface area contributed by atoms with Gasteiger partial charge >= 0.3 is 0 Å². The van der Waals surface area contributed by atoms with Gasteiger partial charge in [-0.2, -0.15) is 0 Å². The Kier molecular flexibility index (Phi) is 5.77. The first-order valence-corrected chi connectivity index (χ1v) is 9.64. The SMILES string of the molecule is Cc1cc(C)c(Cc2cc(C3CCNCC3)nc(NC(C)C)c2C=N)[nH]1. The number of rotatable bonds is 6. The maximum absolute atomic E-state index is 7.98. The van der Waals surface area contributed by atoms with Gasteiger partial charge < -0.3 is 21.0 Å². The van der Waals surface area contributed by atoms with E-state index >= 15 is 0 Å². The molecule has 0 saturated carbocycles. The van der Waals surface area contributed by atoms with Gasteiger partial charge in [-0.15, -0.1) is 0 Å². The molecule has 26 heavy (non-hydrogen) atoms. The third-order valence-corrected chi connectivity index (χ3v) is 5.12. The van der Waals surface area contributed by atoms with E-state index in [1.807, 2.05) is 0 Å². The maximum Gasteiger partial charge on any atom is 0.135 e. The van der Waals surface area contributed by atoms with Gasteiger partial charge in [0.15, 0.2) is 0 Å². The molecule has 140 valence electrons. The molecule has 1 aliphatic rings. The van der Waals surface area contributed by atoms with E-state index in [2.05, 4.69) is 55.4 Å². The van der Waals surface area contributed by atoms with Crippen molar-refractivity contribution in [3.63, 3.8) is 0 Å². The van der Waals surface area contributed by atoms with E-state index in [0.29, 0.717) is 5.92 Å². The van der Waals surface area contributed by atoms with Crippen LogP contribution in [0.25, 0.3) is 0 Å². The molecular weight excluding hydrogens is 322 g/mol. The van der Waals surface area contributed by atoms with Crippen LogP contribution < -0.4 is 10.6 Å². The fourth-order valence-corrected chi connectivity index (χ4v) is 3.81. The van der Waals surface area contributed by atoms with Crippen LogP contribution in [0.4, 0.5) is 5.82 Å². The second kappa shape index (κ2) is 8.04.